The highest BCUT2D eigenvalue weighted by Gasteiger charge is 2.27. The number of thioether (sulfide) groups is 1. The van der Waals surface area contributed by atoms with Crippen LogP contribution in [0.2, 0.25) is 0 Å². The average Bonchev–Trinajstić information content (AvgIpc) is 2.64. The van der Waals surface area contributed by atoms with Crippen LogP contribution in [0.15, 0.2) is 0 Å². The number of hydrogen-bond donors (Lipinski definition) is 2. The highest BCUT2D eigenvalue weighted by Crippen LogP contribution is 2.17. The summed E-state index contributed by atoms with van der Waals surface area (Å²) in [6, 6.07) is -0.0667. The van der Waals surface area contributed by atoms with Crippen molar-refractivity contribution in [2.45, 2.75) is 18.9 Å². The van der Waals surface area contributed by atoms with Gasteiger partial charge in [0.15, 0.2) is 0 Å². The molecular weight excluding hydrogens is 218 g/mol. The monoisotopic (exact) mass is 233 g/mol. The maximum atomic E-state index is 11.6. The van der Waals surface area contributed by atoms with Gasteiger partial charge >= 0.3 is 5.97 Å². The lowest BCUT2D eigenvalue weighted by atomic mass is 10.2. The standard InChI is InChI=1S/C9H15NO4S/c11-4-7-2-1-3-10(7)8(12)5-15-6-9(13)14/h7,11H,1-6H2,(H,13,14)/t7-/m0/s1. The zero-order valence-corrected chi connectivity index (χ0v) is 9.20. The number of nitrogens with zero attached hydrogens (tertiary/aromatic N) is 1. The van der Waals surface area contributed by atoms with E-state index in [4.69, 9.17) is 10.2 Å². The van der Waals surface area contributed by atoms with Crippen molar-refractivity contribution in [1.29, 1.82) is 0 Å². The number of amides is 1. The maximum Gasteiger partial charge on any atom is 0.313 e. The van der Waals surface area contributed by atoms with Crippen LogP contribution in [0, 0.1) is 0 Å². The van der Waals surface area contributed by atoms with Gasteiger partial charge < -0.3 is 15.1 Å². The number of carbonyl (C=O) groups excluding carboxylic acids is 1. The Balaban J connectivity index is 2.29. The molecule has 6 heteroatoms. The zero-order valence-electron chi connectivity index (χ0n) is 8.39. The molecule has 0 bridgehead atoms. The van der Waals surface area contributed by atoms with E-state index in [-0.39, 0.29) is 30.1 Å². The normalized spacial score (nSPS) is 20.6. The molecule has 0 unspecified atom stereocenters. The summed E-state index contributed by atoms with van der Waals surface area (Å²) in [5.74, 6) is -0.850. The van der Waals surface area contributed by atoms with Gasteiger partial charge in [-0.2, -0.15) is 0 Å². The molecule has 0 aromatic rings. The van der Waals surface area contributed by atoms with Crippen LogP contribution in [0.1, 0.15) is 12.8 Å². The summed E-state index contributed by atoms with van der Waals surface area (Å²) in [6.07, 6.45) is 1.76. The molecule has 1 amide bonds. The van der Waals surface area contributed by atoms with Gasteiger partial charge in [0.1, 0.15) is 0 Å². The number of carbonyl (C=O) groups is 2. The second-order valence-electron chi connectivity index (χ2n) is 3.45. The molecule has 1 heterocycles. The van der Waals surface area contributed by atoms with Crippen LogP contribution in [0.3, 0.4) is 0 Å². The number of aliphatic carboxylic acids is 1. The van der Waals surface area contributed by atoms with Crippen molar-refractivity contribution in [3.05, 3.63) is 0 Å². The number of likely N-dealkylation sites (tertiary alicyclic amines) is 1. The molecule has 1 saturated heterocycles. The quantitative estimate of drug-likeness (QED) is 0.687. The molecule has 0 aromatic heterocycles. The van der Waals surface area contributed by atoms with Crippen molar-refractivity contribution in [1.82, 2.24) is 4.90 Å². The van der Waals surface area contributed by atoms with Gasteiger partial charge in [-0.05, 0) is 12.8 Å². The Morgan fingerprint density at radius 1 is 1.40 bits per heavy atom. The summed E-state index contributed by atoms with van der Waals surface area (Å²) >= 11 is 1.10. The molecule has 0 radical (unpaired) electrons. The van der Waals surface area contributed by atoms with Crippen LogP contribution in [0.5, 0.6) is 0 Å². The summed E-state index contributed by atoms with van der Waals surface area (Å²) in [5, 5.41) is 17.4. The Morgan fingerprint density at radius 3 is 2.73 bits per heavy atom. The molecule has 2 N–H and O–H groups in total. The van der Waals surface area contributed by atoms with Gasteiger partial charge in [0.2, 0.25) is 5.91 Å². The van der Waals surface area contributed by atoms with Gasteiger partial charge in [-0.1, -0.05) is 0 Å². The van der Waals surface area contributed by atoms with Crippen molar-refractivity contribution in [3.8, 4) is 0 Å². The van der Waals surface area contributed by atoms with E-state index in [1.165, 1.54) is 0 Å². The summed E-state index contributed by atoms with van der Waals surface area (Å²) in [5.41, 5.74) is 0. The molecular formula is C9H15NO4S. The number of aliphatic hydroxyl groups excluding tert-OH is 1. The molecule has 1 fully saturated rings. The highest BCUT2D eigenvalue weighted by molar-refractivity contribution is 8.00. The topological polar surface area (TPSA) is 77.8 Å². The number of aliphatic hydroxyl groups is 1. The van der Waals surface area contributed by atoms with Crippen LogP contribution in [0.4, 0.5) is 0 Å². The largest absolute Gasteiger partial charge is 0.481 e. The van der Waals surface area contributed by atoms with Crippen LogP contribution in [0.25, 0.3) is 0 Å². The lowest BCUT2D eigenvalue weighted by Gasteiger charge is -2.22. The molecule has 1 rings (SSSR count). The number of carboxylic acids is 1. The summed E-state index contributed by atoms with van der Waals surface area (Å²) in [4.78, 5) is 23.5. The molecule has 0 aromatic carbocycles. The van der Waals surface area contributed by atoms with E-state index in [9.17, 15) is 9.59 Å². The first-order valence-electron chi connectivity index (χ1n) is 4.85. The Labute approximate surface area is 92.4 Å². The SMILES string of the molecule is O=C(O)CSCC(=O)N1CCC[C@H]1CO. The van der Waals surface area contributed by atoms with E-state index in [2.05, 4.69) is 0 Å². The fourth-order valence-electron chi connectivity index (χ4n) is 1.66. The van der Waals surface area contributed by atoms with E-state index in [1.807, 2.05) is 0 Å². The average molecular weight is 233 g/mol. The van der Waals surface area contributed by atoms with Crippen LogP contribution in [-0.4, -0.2) is 57.7 Å². The minimum Gasteiger partial charge on any atom is -0.481 e. The van der Waals surface area contributed by atoms with Crippen LogP contribution >= 0.6 is 11.8 Å². The lowest BCUT2D eigenvalue weighted by Crippen LogP contribution is -2.38. The summed E-state index contributed by atoms with van der Waals surface area (Å²) in [6.45, 7) is 0.674. The van der Waals surface area contributed by atoms with Crippen molar-refractivity contribution >= 4 is 23.6 Å². The molecule has 0 spiro atoms. The third-order valence-corrected chi connectivity index (χ3v) is 3.26. The van der Waals surface area contributed by atoms with Gasteiger partial charge in [0, 0.05) is 6.54 Å². The second kappa shape index (κ2) is 5.97. The Kier molecular flexibility index (Phi) is 4.90. The predicted molar refractivity (Wildman–Crippen MR) is 56.8 cm³/mol. The second-order valence-corrected chi connectivity index (χ2v) is 4.44. The Bertz CT molecular complexity index is 246. The number of carboxylic acid groups (broad SMARTS) is 1. The summed E-state index contributed by atoms with van der Waals surface area (Å²) in [7, 11) is 0. The van der Waals surface area contributed by atoms with Crippen molar-refractivity contribution < 1.29 is 19.8 Å². The molecule has 1 aliphatic heterocycles. The first-order chi connectivity index (χ1) is 7.15. The molecule has 1 atom stereocenters. The van der Waals surface area contributed by atoms with E-state index < -0.39 is 5.97 Å². The molecule has 0 aliphatic carbocycles. The smallest absolute Gasteiger partial charge is 0.313 e. The Hall–Kier alpha value is -0.750. The van der Waals surface area contributed by atoms with Crippen molar-refractivity contribution in [2.75, 3.05) is 24.7 Å². The zero-order chi connectivity index (χ0) is 11.3. The fraction of sp³-hybridized carbons (Fsp3) is 0.778. The first-order valence-corrected chi connectivity index (χ1v) is 6.00. The number of hydrogen-bond acceptors (Lipinski definition) is 4. The van der Waals surface area contributed by atoms with Gasteiger partial charge in [-0.15, -0.1) is 11.8 Å². The van der Waals surface area contributed by atoms with Crippen molar-refractivity contribution in [3.63, 3.8) is 0 Å². The third-order valence-electron chi connectivity index (χ3n) is 2.36. The van der Waals surface area contributed by atoms with E-state index >= 15 is 0 Å². The fourth-order valence-corrected chi connectivity index (χ4v) is 2.28. The molecule has 86 valence electrons. The number of rotatable bonds is 5. The summed E-state index contributed by atoms with van der Waals surface area (Å²) < 4.78 is 0. The minimum atomic E-state index is -0.909. The molecule has 1 aliphatic rings. The predicted octanol–water partition coefficient (Wildman–Crippen LogP) is -0.213. The third kappa shape index (κ3) is 3.71. The lowest BCUT2D eigenvalue weighted by molar-refractivity contribution is -0.133. The van der Waals surface area contributed by atoms with Crippen LogP contribution in [-0.2, 0) is 9.59 Å². The van der Waals surface area contributed by atoms with Crippen LogP contribution < -0.4 is 0 Å². The van der Waals surface area contributed by atoms with E-state index in [0.29, 0.717) is 6.54 Å². The van der Waals surface area contributed by atoms with Crippen molar-refractivity contribution in [2.24, 2.45) is 0 Å². The van der Waals surface area contributed by atoms with Gasteiger partial charge in [0.25, 0.3) is 0 Å². The highest BCUT2D eigenvalue weighted by atomic mass is 32.2. The van der Waals surface area contributed by atoms with Gasteiger partial charge in [-0.25, -0.2) is 0 Å². The molecule has 15 heavy (non-hydrogen) atoms. The first kappa shape index (κ1) is 12.3. The Morgan fingerprint density at radius 2 is 2.13 bits per heavy atom. The maximum absolute atomic E-state index is 11.6. The minimum absolute atomic E-state index is 0.00463. The van der Waals surface area contributed by atoms with E-state index in [1.54, 1.807) is 4.90 Å². The molecule has 0 saturated carbocycles. The van der Waals surface area contributed by atoms with Gasteiger partial charge in [0.05, 0.1) is 24.2 Å². The molecule has 5 nitrogen and oxygen atoms in total. The van der Waals surface area contributed by atoms with E-state index in [0.717, 1.165) is 24.6 Å². The van der Waals surface area contributed by atoms with Gasteiger partial charge in [-0.3, -0.25) is 9.59 Å².